The summed E-state index contributed by atoms with van der Waals surface area (Å²) in [7, 11) is 2.08. The Kier molecular flexibility index (Phi) is 7.40. The van der Waals surface area contributed by atoms with Gasteiger partial charge in [-0.05, 0) is 55.9 Å². The smallest absolute Gasteiger partial charge is 0.414 e. The third-order valence-corrected chi connectivity index (χ3v) is 8.09. The van der Waals surface area contributed by atoms with Crippen molar-refractivity contribution in [1.82, 2.24) is 15.2 Å². The largest absolute Gasteiger partial charge is 0.472 e. The minimum Gasteiger partial charge on any atom is -0.472 e. The molecule has 2 saturated heterocycles. The first-order valence-corrected chi connectivity index (χ1v) is 14.2. The number of aromatic nitrogens is 1. The zero-order valence-corrected chi connectivity index (χ0v) is 22.6. The van der Waals surface area contributed by atoms with Crippen molar-refractivity contribution < 1.29 is 19.1 Å². The Hall–Kier alpha value is -3.60. The molecule has 3 aromatic rings. The van der Waals surface area contributed by atoms with Crippen molar-refractivity contribution in [2.45, 2.75) is 30.1 Å². The number of ether oxygens (including phenoxy) is 2. The second-order valence-electron chi connectivity index (χ2n) is 10.1. The van der Waals surface area contributed by atoms with Gasteiger partial charge in [0.15, 0.2) is 0 Å². The number of cyclic esters (lactones) is 1. The number of carbonyl (C=O) groups excluding carboxylic acids is 2. The van der Waals surface area contributed by atoms with Gasteiger partial charge in [0.25, 0.3) is 0 Å². The molecule has 6 rings (SSSR count). The molecular formula is C29H31N5O4S. The van der Waals surface area contributed by atoms with Gasteiger partial charge in [0, 0.05) is 41.8 Å². The molecule has 2 fully saturated rings. The molecule has 0 aliphatic carbocycles. The predicted octanol–water partition coefficient (Wildman–Crippen LogP) is 3.99. The number of rotatable bonds is 9. The van der Waals surface area contributed by atoms with Gasteiger partial charge in [0.1, 0.15) is 12.2 Å². The van der Waals surface area contributed by atoms with Crippen LogP contribution in [-0.4, -0.2) is 73.1 Å². The molecule has 4 heterocycles. The summed E-state index contributed by atoms with van der Waals surface area (Å²) in [6, 6.07) is 19.9. The summed E-state index contributed by atoms with van der Waals surface area (Å²) in [4.78, 5) is 33.8. The molecule has 39 heavy (non-hydrogen) atoms. The summed E-state index contributed by atoms with van der Waals surface area (Å²) in [5, 5.41) is 6.35. The Balaban J connectivity index is 0.996. The normalized spacial score (nSPS) is 19.3. The van der Waals surface area contributed by atoms with Crippen LogP contribution in [-0.2, 0) is 16.1 Å². The van der Waals surface area contributed by atoms with Crippen LogP contribution in [0.5, 0.6) is 5.88 Å². The van der Waals surface area contributed by atoms with Crippen LogP contribution in [0.2, 0.25) is 0 Å². The fraction of sp³-hybridized carbons (Fsp3) is 0.345. The van der Waals surface area contributed by atoms with Crippen LogP contribution in [0.3, 0.4) is 0 Å². The third-order valence-electron chi connectivity index (χ3n) is 7.02. The molecule has 2 amide bonds. The van der Waals surface area contributed by atoms with Crippen molar-refractivity contribution in [3.63, 3.8) is 0 Å². The van der Waals surface area contributed by atoms with Gasteiger partial charge in [-0.2, -0.15) is 0 Å². The van der Waals surface area contributed by atoms with E-state index in [0.717, 1.165) is 46.2 Å². The number of thioether (sulfide) groups is 1. The molecule has 0 spiro atoms. The first kappa shape index (κ1) is 25.7. The summed E-state index contributed by atoms with van der Waals surface area (Å²) in [6.45, 7) is 3.75. The maximum Gasteiger partial charge on any atom is 0.414 e. The van der Waals surface area contributed by atoms with E-state index in [2.05, 4.69) is 40.8 Å². The summed E-state index contributed by atoms with van der Waals surface area (Å²) < 4.78 is 11.6. The first-order chi connectivity index (χ1) is 19.0. The molecule has 1 aromatic heterocycles. The van der Waals surface area contributed by atoms with E-state index in [1.165, 1.54) is 11.8 Å². The highest BCUT2D eigenvalue weighted by Crippen LogP contribution is 2.35. The SMILES string of the molecule is CN1CC(Oc2cccc(-c3cccc(CNCCC4CN(c5ccc6c(c5)NC(=O)CS6)C(=O)O4)c3)n2)C1. The van der Waals surface area contributed by atoms with Gasteiger partial charge in [0.2, 0.25) is 11.8 Å². The summed E-state index contributed by atoms with van der Waals surface area (Å²) >= 11 is 1.50. The number of nitrogens with zero attached hydrogens (tertiary/aromatic N) is 3. The number of hydrogen-bond donors (Lipinski definition) is 2. The number of pyridine rings is 1. The van der Waals surface area contributed by atoms with Crippen molar-refractivity contribution >= 4 is 35.1 Å². The van der Waals surface area contributed by atoms with Crippen LogP contribution in [0.1, 0.15) is 12.0 Å². The average Bonchev–Trinajstić information content (AvgIpc) is 3.30. The van der Waals surface area contributed by atoms with E-state index < -0.39 is 0 Å². The molecule has 10 heteroatoms. The number of fused-ring (bicyclic) bond motifs is 1. The monoisotopic (exact) mass is 545 g/mol. The number of carbonyl (C=O) groups is 2. The molecule has 9 nitrogen and oxygen atoms in total. The lowest BCUT2D eigenvalue weighted by Gasteiger charge is -2.35. The lowest BCUT2D eigenvalue weighted by Crippen LogP contribution is -2.51. The molecule has 0 bridgehead atoms. The Morgan fingerprint density at radius 1 is 1.10 bits per heavy atom. The molecule has 1 atom stereocenters. The van der Waals surface area contributed by atoms with Gasteiger partial charge in [-0.3, -0.25) is 14.6 Å². The topological polar surface area (TPSA) is 96.0 Å². The van der Waals surface area contributed by atoms with E-state index in [0.29, 0.717) is 37.7 Å². The van der Waals surface area contributed by atoms with E-state index in [9.17, 15) is 9.59 Å². The van der Waals surface area contributed by atoms with E-state index in [1.807, 2.05) is 42.5 Å². The summed E-state index contributed by atoms with van der Waals surface area (Å²) in [5.74, 6) is 1.04. The number of nitrogens with one attached hydrogen (secondary N) is 2. The van der Waals surface area contributed by atoms with E-state index in [1.54, 1.807) is 4.90 Å². The van der Waals surface area contributed by atoms with Gasteiger partial charge in [0.05, 0.1) is 23.7 Å². The van der Waals surface area contributed by atoms with Crippen LogP contribution in [0, 0.1) is 0 Å². The Labute approximate surface area is 231 Å². The molecule has 1 unspecified atom stereocenters. The predicted molar refractivity (Wildman–Crippen MR) is 151 cm³/mol. The fourth-order valence-corrected chi connectivity index (χ4v) is 5.77. The molecule has 2 N–H and O–H groups in total. The summed E-state index contributed by atoms with van der Waals surface area (Å²) in [6.07, 6.45) is 0.361. The highest BCUT2D eigenvalue weighted by atomic mass is 32.2. The van der Waals surface area contributed by atoms with Crippen LogP contribution >= 0.6 is 11.8 Å². The minimum absolute atomic E-state index is 0.0286. The Morgan fingerprint density at radius 3 is 2.85 bits per heavy atom. The van der Waals surface area contributed by atoms with Gasteiger partial charge in [-0.1, -0.05) is 24.3 Å². The van der Waals surface area contributed by atoms with Gasteiger partial charge in [-0.25, -0.2) is 9.78 Å². The molecule has 2 aromatic carbocycles. The lowest BCUT2D eigenvalue weighted by molar-refractivity contribution is -0.113. The molecule has 202 valence electrons. The number of likely N-dealkylation sites (tertiary alicyclic amines) is 1. The molecule has 3 aliphatic rings. The van der Waals surface area contributed by atoms with Crippen molar-refractivity contribution in [3.8, 4) is 17.1 Å². The molecule has 0 radical (unpaired) electrons. The van der Waals surface area contributed by atoms with Crippen LogP contribution in [0.25, 0.3) is 11.3 Å². The molecular weight excluding hydrogens is 514 g/mol. The van der Waals surface area contributed by atoms with E-state index >= 15 is 0 Å². The number of likely N-dealkylation sites (N-methyl/N-ethyl adjacent to an activating group) is 1. The van der Waals surface area contributed by atoms with Crippen LogP contribution in [0.15, 0.2) is 65.6 Å². The highest BCUT2D eigenvalue weighted by Gasteiger charge is 2.32. The molecule has 3 aliphatic heterocycles. The van der Waals surface area contributed by atoms with Crippen molar-refractivity contribution in [3.05, 3.63) is 66.2 Å². The van der Waals surface area contributed by atoms with Crippen molar-refractivity contribution in [1.29, 1.82) is 0 Å². The zero-order valence-electron chi connectivity index (χ0n) is 21.8. The Bertz CT molecular complexity index is 1380. The first-order valence-electron chi connectivity index (χ1n) is 13.2. The number of amides is 2. The second kappa shape index (κ2) is 11.3. The van der Waals surface area contributed by atoms with Crippen molar-refractivity contribution in [2.75, 3.05) is 49.2 Å². The number of anilines is 2. The van der Waals surface area contributed by atoms with Crippen molar-refractivity contribution in [2.24, 2.45) is 0 Å². The average molecular weight is 546 g/mol. The van der Waals surface area contributed by atoms with E-state index in [4.69, 9.17) is 14.5 Å². The van der Waals surface area contributed by atoms with Crippen LogP contribution in [0.4, 0.5) is 16.2 Å². The summed E-state index contributed by atoms with van der Waals surface area (Å²) in [5.41, 5.74) is 4.57. The third kappa shape index (κ3) is 6.03. The number of hydrogen-bond acceptors (Lipinski definition) is 8. The number of benzene rings is 2. The Morgan fingerprint density at radius 2 is 1.97 bits per heavy atom. The fourth-order valence-electron chi connectivity index (χ4n) is 4.99. The highest BCUT2D eigenvalue weighted by molar-refractivity contribution is 8.00. The standard InChI is InChI=1S/C29H31N5O4S/c1-33-15-23(16-33)37-28-7-3-6-24(32-28)20-5-2-4-19(12-20)14-30-11-10-22-17-34(29(36)38-22)21-8-9-26-25(13-21)31-27(35)18-39-26/h2-9,12-13,22-23,30H,10-11,14-18H2,1H3,(H,31,35). The second-order valence-corrected chi connectivity index (χ2v) is 11.1. The van der Waals surface area contributed by atoms with Gasteiger partial charge < -0.3 is 20.1 Å². The maximum atomic E-state index is 12.5. The van der Waals surface area contributed by atoms with Gasteiger partial charge in [-0.15, -0.1) is 11.8 Å². The minimum atomic E-state index is -0.356. The van der Waals surface area contributed by atoms with Crippen LogP contribution < -0.4 is 20.3 Å². The quantitative estimate of drug-likeness (QED) is 0.390. The lowest BCUT2D eigenvalue weighted by atomic mass is 10.1. The maximum absolute atomic E-state index is 12.5. The molecule has 0 saturated carbocycles. The zero-order chi connectivity index (χ0) is 26.8. The van der Waals surface area contributed by atoms with Gasteiger partial charge >= 0.3 is 6.09 Å². The van der Waals surface area contributed by atoms with E-state index in [-0.39, 0.29) is 24.2 Å².